The van der Waals surface area contributed by atoms with Gasteiger partial charge in [0.15, 0.2) is 5.69 Å². The van der Waals surface area contributed by atoms with E-state index >= 15 is 0 Å². The summed E-state index contributed by atoms with van der Waals surface area (Å²) in [6, 6.07) is -0.572. The van der Waals surface area contributed by atoms with Crippen LogP contribution >= 0.6 is 11.6 Å². The Morgan fingerprint density at radius 3 is 2.39 bits per heavy atom. The van der Waals surface area contributed by atoms with E-state index < -0.39 is 11.9 Å². The minimum atomic E-state index is -0.572. The summed E-state index contributed by atoms with van der Waals surface area (Å²) in [6.45, 7) is 7.23. The second-order valence-corrected chi connectivity index (χ2v) is 7.66. The molecule has 0 aliphatic carbocycles. The van der Waals surface area contributed by atoms with E-state index in [2.05, 4.69) is 15.5 Å². The summed E-state index contributed by atoms with van der Waals surface area (Å²) in [5, 5.41) is 11.4. The quantitative estimate of drug-likeness (QED) is 0.739. The van der Waals surface area contributed by atoms with E-state index in [1.807, 2.05) is 0 Å². The fraction of sp³-hybridized carbons (Fsp3) is 0.526. The zero-order valence-corrected chi connectivity index (χ0v) is 18.7. The molecule has 1 aliphatic rings. The van der Waals surface area contributed by atoms with Gasteiger partial charge in [-0.2, -0.15) is 10.2 Å². The van der Waals surface area contributed by atoms with E-state index in [1.165, 1.54) is 15.6 Å². The van der Waals surface area contributed by atoms with Crippen LogP contribution in [0.2, 0.25) is 5.02 Å². The monoisotopic (exact) mass is 451 g/mol. The van der Waals surface area contributed by atoms with Crippen LogP contribution < -0.4 is 5.32 Å². The maximum Gasteiger partial charge on any atom is 0.409 e. The molecule has 0 aromatic carbocycles. The molecular formula is C19H26ClN7O4. The molecule has 1 saturated heterocycles. The number of rotatable bonds is 5. The van der Waals surface area contributed by atoms with Crippen LogP contribution in [0.4, 0.5) is 10.5 Å². The van der Waals surface area contributed by atoms with Crippen molar-refractivity contribution in [3.63, 3.8) is 0 Å². The van der Waals surface area contributed by atoms with Crippen LogP contribution in [-0.2, 0) is 16.6 Å². The summed E-state index contributed by atoms with van der Waals surface area (Å²) in [5.74, 6) is -0.570. The highest BCUT2D eigenvalue weighted by Gasteiger charge is 2.29. The minimum absolute atomic E-state index is 0.111. The average Bonchev–Trinajstić information content (AvgIpc) is 3.28. The van der Waals surface area contributed by atoms with Crippen molar-refractivity contribution in [3.8, 4) is 0 Å². The van der Waals surface area contributed by atoms with Gasteiger partial charge in [-0.3, -0.25) is 19.0 Å². The van der Waals surface area contributed by atoms with Crippen LogP contribution in [0.1, 0.15) is 36.1 Å². The highest BCUT2D eigenvalue weighted by molar-refractivity contribution is 6.34. The number of hydrogen-bond acceptors (Lipinski definition) is 6. The molecule has 1 unspecified atom stereocenters. The van der Waals surface area contributed by atoms with Crippen molar-refractivity contribution >= 4 is 35.2 Å². The number of carbonyl (C=O) groups is 3. The zero-order valence-electron chi connectivity index (χ0n) is 18.0. The molecule has 3 rings (SSSR count). The Balaban J connectivity index is 1.63. The van der Waals surface area contributed by atoms with Gasteiger partial charge in [0.25, 0.3) is 5.91 Å². The fourth-order valence-corrected chi connectivity index (χ4v) is 3.56. The van der Waals surface area contributed by atoms with Crippen LogP contribution in [-0.4, -0.2) is 80.1 Å². The second-order valence-electron chi connectivity index (χ2n) is 7.25. The minimum Gasteiger partial charge on any atom is -0.450 e. The molecule has 0 saturated carbocycles. The largest absolute Gasteiger partial charge is 0.450 e. The highest BCUT2D eigenvalue weighted by atomic mass is 35.5. The van der Waals surface area contributed by atoms with Gasteiger partial charge >= 0.3 is 6.09 Å². The molecule has 1 aliphatic heterocycles. The van der Waals surface area contributed by atoms with Gasteiger partial charge in [-0.1, -0.05) is 11.6 Å². The molecule has 3 amide bonds. The number of piperazine rings is 1. The topological polar surface area (TPSA) is 115 Å². The SMILES string of the molecule is CCOC(=O)N1CCN(C(=O)C(C)n2cc(NC(=O)c3nn(C)cc3Cl)c(C)n2)CC1. The normalized spacial score (nSPS) is 15.0. The Hall–Kier alpha value is -3.08. The average molecular weight is 452 g/mol. The van der Waals surface area contributed by atoms with Gasteiger partial charge < -0.3 is 19.9 Å². The summed E-state index contributed by atoms with van der Waals surface area (Å²) in [6.07, 6.45) is 2.79. The van der Waals surface area contributed by atoms with E-state index in [-0.39, 0.29) is 22.7 Å². The van der Waals surface area contributed by atoms with Gasteiger partial charge in [-0.05, 0) is 20.8 Å². The maximum atomic E-state index is 12.9. The van der Waals surface area contributed by atoms with Crippen molar-refractivity contribution in [1.29, 1.82) is 0 Å². The Morgan fingerprint density at radius 2 is 1.81 bits per heavy atom. The third kappa shape index (κ3) is 4.98. The van der Waals surface area contributed by atoms with Crippen molar-refractivity contribution in [1.82, 2.24) is 29.4 Å². The third-order valence-electron chi connectivity index (χ3n) is 5.04. The molecule has 1 N–H and O–H groups in total. The van der Waals surface area contributed by atoms with Crippen molar-refractivity contribution < 1.29 is 19.1 Å². The number of aromatic nitrogens is 4. The van der Waals surface area contributed by atoms with Gasteiger partial charge in [0.1, 0.15) is 6.04 Å². The number of amides is 3. The van der Waals surface area contributed by atoms with Crippen molar-refractivity contribution in [2.24, 2.45) is 7.05 Å². The molecule has 1 fully saturated rings. The number of nitrogens with one attached hydrogen (secondary N) is 1. The molecule has 11 nitrogen and oxygen atoms in total. The standard InChI is InChI=1S/C19H26ClN7O4/c1-5-31-19(30)26-8-6-25(7-9-26)18(29)13(3)27-11-15(12(2)22-27)21-17(28)16-14(20)10-24(4)23-16/h10-11,13H,5-9H2,1-4H3,(H,21,28). The van der Waals surface area contributed by atoms with Crippen LogP contribution in [0.25, 0.3) is 0 Å². The number of carbonyl (C=O) groups excluding carboxylic acids is 3. The van der Waals surface area contributed by atoms with Gasteiger partial charge in [0.2, 0.25) is 5.91 Å². The van der Waals surface area contributed by atoms with Crippen LogP contribution in [0.15, 0.2) is 12.4 Å². The first-order valence-electron chi connectivity index (χ1n) is 9.98. The lowest BCUT2D eigenvalue weighted by Gasteiger charge is -2.35. The number of nitrogens with zero attached hydrogens (tertiary/aromatic N) is 6. The molecule has 12 heteroatoms. The lowest BCUT2D eigenvalue weighted by atomic mass is 10.2. The maximum absolute atomic E-state index is 12.9. The first-order chi connectivity index (χ1) is 14.7. The van der Waals surface area contributed by atoms with E-state index in [9.17, 15) is 14.4 Å². The van der Waals surface area contributed by atoms with Crippen LogP contribution in [0.5, 0.6) is 0 Å². The summed E-state index contributed by atoms with van der Waals surface area (Å²) in [5.41, 5.74) is 1.14. The summed E-state index contributed by atoms with van der Waals surface area (Å²) < 4.78 is 7.98. The number of anilines is 1. The molecule has 1 atom stereocenters. The first kappa shape index (κ1) is 22.6. The molecule has 2 aromatic heterocycles. The highest BCUT2D eigenvalue weighted by Crippen LogP contribution is 2.21. The van der Waals surface area contributed by atoms with Gasteiger partial charge in [0.05, 0.1) is 23.0 Å². The summed E-state index contributed by atoms with van der Waals surface area (Å²) in [4.78, 5) is 40.5. The number of aryl methyl sites for hydroxylation is 2. The van der Waals surface area contributed by atoms with Crippen molar-refractivity contribution in [3.05, 3.63) is 28.8 Å². The molecule has 31 heavy (non-hydrogen) atoms. The van der Waals surface area contributed by atoms with E-state index in [1.54, 1.807) is 43.8 Å². The summed E-state index contributed by atoms with van der Waals surface area (Å²) in [7, 11) is 1.67. The second kappa shape index (κ2) is 9.38. The predicted octanol–water partition coefficient (Wildman–Crippen LogP) is 1.69. The molecule has 168 valence electrons. The molecule has 0 radical (unpaired) electrons. The Bertz CT molecular complexity index is 978. The molecule has 2 aromatic rings. The zero-order chi connectivity index (χ0) is 22.7. The molecule has 0 spiro atoms. The fourth-order valence-electron chi connectivity index (χ4n) is 3.30. The first-order valence-corrected chi connectivity index (χ1v) is 10.4. The van der Waals surface area contributed by atoms with Crippen molar-refractivity contribution in [2.45, 2.75) is 26.8 Å². The van der Waals surface area contributed by atoms with Crippen LogP contribution in [0.3, 0.4) is 0 Å². The Labute approximate surface area is 184 Å². The van der Waals surface area contributed by atoms with E-state index in [0.29, 0.717) is 44.2 Å². The molecule has 0 bridgehead atoms. The predicted molar refractivity (Wildman–Crippen MR) is 113 cm³/mol. The Morgan fingerprint density at radius 1 is 1.16 bits per heavy atom. The number of ether oxygens (including phenoxy) is 1. The van der Waals surface area contributed by atoms with Gasteiger partial charge in [-0.15, -0.1) is 0 Å². The lowest BCUT2D eigenvalue weighted by Crippen LogP contribution is -2.52. The lowest BCUT2D eigenvalue weighted by molar-refractivity contribution is -0.136. The summed E-state index contributed by atoms with van der Waals surface area (Å²) >= 11 is 6.03. The van der Waals surface area contributed by atoms with E-state index in [4.69, 9.17) is 16.3 Å². The van der Waals surface area contributed by atoms with E-state index in [0.717, 1.165) is 0 Å². The molecular weight excluding hydrogens is 426 g/mol. The molecule has 3 heterocycles. The van der Waals surface area contributed by atoms with Gasteiger partial charge in [-0.25, -0.2) is 4.79 Å². The van der Waals surface area contributed by atoms with Crippen LogP contribution in [0, 0.1) is 6.92 Å². The smallest absolute Gasteiger partial charge is 0.409 e. The van der Waals surface area contributed by atoms with Gasteiger partial charge in [0, 0.05) is 45.6 Å². The van der Waals surface area contributed by atoms with Crippen molar-refractivity contribution in [2.75, 3.05) is 38.1 Å². The number of hydrogen-bond donors (Lipinski definition) is 1. The Kier molecular flexibility index (Phi) is 6.84. The third-order valence-corrected chi connectivity index (χ3v) is 5.31. The number of halogens is 1.